The fourth-order valence-electron chi connectivity index (χ4n) is 2.04. The quantitative estimate of drug-likeness (QED) is 0.660. The van der Waals surface area contributed by atoms with Crippen LogP contribution in [0.3, 0.4) is 0 Å². The van der Waals surface area contributed by atoms with Gasteiger partial charge < -0.3 is 0 Å². The molecule has 0 bridgehead atoms. The number of benzene rings is 1. The lowest BCUT2D eigenvalue weighted by Gasteiger charge is -2.01. The van der Waals surface area contributed by atoms with Crippen LogP contribution in [0.25, 0.3) is 11.3 Å². The summed E-state index contributed by atoms with van der Waals surface area (Å²) in [6.45, 7) is 1.94. The molecule has 0 aliphatic carbocycles. The fourth-order valence-corrected chi connectivity index (χ4v) is 3.13. The van der Waals surface area contributed by atoms with Crippen LogP contribution in [-0.4, -0.2) is 15.9 Å². The Bertz CT molecular complexity index is 864. The second-order valence-corrected chi connectivity index (χ2v) is 6.87. The first-order valence-electron chi connectivity index (χ1n) is 6.69. The molecular formula is C16H11BrFN3OS. The summed E-state index contributed by atoms with van der Waals surface area (Å²) in [5, 5.41) is 3.17. The lowest BCUT2D eigenvalue weighted by atomic mass is 10.1. The van der Waals surface area contributed by atoms with E-state index in [2.05, 4.69) is 31.2 Å². The summed E-state index contributed by atoms with van der Waals surface area (Å²) in [4.78, 5) is 21.0. The van der Waals surface area contributed by atoms with Gasteiger partial charge in [0, 0.05) is 32.7 Å². The average molecular weight is 392 g/mol. The molecule has 0 saturated carbocycles. The molecule has 1 aromatic carbocycles. The number of aryl methyl sites for hydroxylation is 1. The number of carbonyl (C=O) groups excluding carboxylic acids is 1. The van der Waals surface area contributed by atoms with Crippen molar-refractivity contribution in [3.8, 4) is 11.3 Å². The molecule has 0 aliphatic heterocycles. The van der Waals surface area contributed by atoms with Crippen LogP contribution in [0.15, 0.2) is 47.1 Å². The highest BCUT2D eigenvalue weighted by atomic mass is 79.9. The molecule has 1 amide bonds. The van der Waals surface area contributed by atoms with Crippen LogP contribution in [0, 0.1) is 12.9 Å². The Morgan fingerprint density at radius 1 is 1.26 bits per heavy atom. The number of rotatable bonds is 3. The number of thiazole rings is 1. The van der Waals surface area contributed by atoms with Gasteiger partial charge in [-0.2, -0.15) is 4.39 Å². The van der Waals surface area contributed by atoms with E-state index in [1.807, 2.05) is 31.2 Å². The maximum Gasteiger partial charge on any atom is 0.257 e. The summed E-state index contributed by atoms with van der Waals surface area (Å²) in [5.74, 6) is -1.11. The highest BCUT2D eigenvalue weighted by molar-refractivity contribution is 9.10. The van der Waals surface area contributed by atoms with Crippen LogP contribution < -0.4 is 5.32 Å². The first kappa shape index (κ1) is 15.8. The first-order valence-corrected chi connectivity index (χ1v) is 8.30. The molecule has 0 atom stereocenters. The number of halogens is 2. The molecule has 0 aliphatic rings. The maximum absolute atomic E-state index is 13.1. The predicted molar refractivity (Wildman–Crippen MR) is 92.1 cm³/mol. The van der Waals surface area contributed by atoms with Crippen molar-refractivity contribution >= 4 is 38.3 Å². The van der Waals surface area contributed by atoms with E-state index in [1.165, 1.54) is 23.6 Å². The Labute approximate surface area is 144 Å². The van der Waals surface area contributed by atoms with E-state index in [9.17, 15) is 9.18 Å². The topological polar surface area (TPSA) is 54.9 Å². The number of hydrogen-bond acceptors (Lipinski definition) is 4. The average Bonchev–Trinajstić information content (AvgIpc) is 2.88. The van der Waals surface area contributed by atoms with E-state index in [-0.39, 0.29) is 5.56 Å². The van der Waals surface area contributed by atoms with Crippen molar-refractivity contribution in [1.82, 2.24) is 9.97 Å². The minimum Gasteiger partial charge on any atom is -0.298 e. The monoisotopic (exact) mass is 391 g/mol. The number of pyridine rings is 1. The van der Waals surface area contributed by atoms with Crippen LogP contribution in [0.2, 0.25) is 0 Å². The van der Waals surface area contributed by atoms with Crippen molar-refractivity contribution < 1.29 is 9.18 Å². The molecule has 0 saturated heterocycles. The Morgan fingerprint density at radius 2 is 2.00 bits per heavy atom. The van der Waals surface area contributed by atoms with Crippen molar-refractivity contribution in [2.75, 3.05) is 5.32 Å². The van der Waals surface area contributed by atoms with Gasteiger partial charge in [-0.25, -0.2) is 9.97 Å². The Balaban J connectivity index is 1.83. The summed E-state index contributed by atoms with van der Waals surface area (Å²) in [6, 6.07) is 10.3. The molecule has 116 valence electrons. The van der Waals surface area contributed by atoms with Crippen molar-refractivity contribution in [3.63, 3.8) is 0 Å². The Kier molecular flexibility index (Phi) is 4.49. The van der Waals surface area contributed by atoms with Crippen LogP contribution in [0.5, 0.6) is 0 Å². The molecule has 3 rings (SSSR count). The van der Waals surface area contributed by atoms with Crippen molar-refractivity contribution in [1.29, 1.82) is 0 Å². The van der Waals surface area contributed by atoms with E-state index in [0.29, 0.717) is 5.13 Å². The lowest BCUT2D eigenvalue weighted by Crippen LogP contribution is -2.12. The summed E-state index contributed by atoms with van der Waals surface area (Å²) in [6.07, 6.45) is 1.25. The van der Waals surface area contributed by atoms with Crippen molar-refractivity contribution in [2.45, 2.75) is 6.92 Å². The molecule has 2 heterocycles. The van der Waals surface area contributed by atoms with Gasteiger partial charge in [0.2, 0.25) is 5.95 Å². The molecule has 0 unspecified atom stereocenters. The Hall–Kier alpha value is -2.12. The number of carbonyl (C=O) groups is 1. The van der Waals surface area contributed by atoms with Crippen LogP contribution in [0.1, 0.15) is 15.2 Å². The third-order valence-corrected chi connectivity index (χ3v) is 4.54. The van der Waals surface area contributed by atoms with Gasteiger partial charge in [0.05, 0.1) is 5.69 Å². The summed E-state index contributed by atoms with van der Waals surface area (Å²) in [7, 11) is 0. The first-order chi connectivity index (χ1) is 11.0. The van der Waals surface area contributed by atoms with Gasteiger partial charge in [-0.05, 0) is 25.1 Å². The zero-order valence-corrected chi connectivity index (χ0v) is 14.4. The molecule has 3 aromatic rings. The van der Waals surface area contributed by atoms with Gasteiger partial charge in [-0.1, -0.05) is 28.1 Å². The maximum atomic E-state index is 13.1. The standard InChI is InChI=1S/C16H11BrFN3OS/c1-9-14(10-2-4-12(17)5-3-10)20-16(23-9)21-15(22)11-6-7-19-13(18)8-11/h2-8H,1H3,(H,20,21,22). The van der Waals surface area contributed by atoms with Gasteiger partial charge in [0.15, 0.2) is 5.13 Å². The summed E-state index contributed by atoms with van der Waals surface area (Å²) < 4.78 is 14.1. The minimum absolute atomic E-state index is 0.204. The Morgan fingerprint density at radius 3 is 2.70 bits per heavy atom. The summed E-state index contributed by atoms with van der Waals surface area (Å²) in [5.41, 5.74) is 1.99. The third kappa shape index (κ3) is 3.62. The number of hydrogen-bond donors (Lipinski definition) is 1. The second-order valence-electron chi connectivity index (χ2n) is 4.75. The van der Waals surface area contributed by atoms with E-state index < -0.39 is 11.9 Å². The number of amides is 1. The fraction of sp³-hybridized carbons (Fsp3) is 0.0625. The molecule has 7 heteroatoms. The minimum atomic E-state index is -0.691. The molecule has 1 N–H and O–H groups in total. The van der Waals surface area contributed by atoms with E-state index in [4.69, 9.17) is 0 Å². The summed E-state index contributed by atoms with van der Waals surface area (Å²) >= 11 is 4.77. The predicted octanol–water partition coefficient (Wildman–Crippen LogP) is 4.67. The number of nitrogens with zero attached hydrogens (tertiary/aromatic N) is 2. The second kappa shape index (κ2) is 6.55. The lowest BCUT2D eigenvalue weighted by molar-refractivity contribution is 0.102. The molecule has 2 aromatic heterocycles. The van der Waals surface area contributed by atoms with Gasteiger partial charge in [-0.15, -0.1) is 11.3 Å². The molecule has 23 heavy (non-hydrogen) atoms. The van der Waals surface area contributed by atoms with E-state index in [0.717, 1.165) is 26.7 Å². The number of nitrogens with one attached hydrogen (secondary N) is 1. The number of anilines is 1. The highest BCUT2D eigenvalue weighted by Crippen LogP contribution is 2.31. The SMILES string of the molecule is Cc1sc(NC(=O)c2ccnc(F)c2)nc1-c1ccc(Br)cc1. The molecule has 0 radical (unpaired) electrons. The van der Waals surface area contributed by atoms with Gasteiger partial charge in [0.1, 0.15) is 0 Å². The van der Waals surface area contributed by atoms with Crippen LogP contribution in [-0.2, 0) is 0 Å². The van der Waals surface area contributed by atoms with Gasteiger partial charge >= 0.3 is 0 Å². The zero-order valence-electron chi connectivity index (χ0n) is 12.0. The molecular weight excluding hydrogens is 381 g/mol. The third-order valence-electron chi connectivity index (χ3n) is 3.12. The normalized spacial score (nSPS) is 10.6. The van der Waals surface area contributed by atoms with Crippen molar-refractivity contribution in [3.05, 3.63) is 63.5 Å². The van der Waals surface area contributed by atoms with Crippen LogP contribution in [0.4, 0.5) is 9.52 Å². The van der Waals surface area contributed by atoms with E-state index >= 15 is 0 Å². The molecule has 0 spiro atoms. The molecule has 0 fully saturated rings. The van der Waals surface area contributed by atoms with Crippen molar-refractivity contribution in [2.24, 2.45) is 0 Å². The van der Waals surface area contributed by atoms with E-state index in [1.54, 1.807) is 0 Å². The molecule has 4 nitrogen and oxygen atoms in total. The highest BCUT2D eigenvalue weighted by Gasteiger charge is 2.13. The number of aromatic nitrogens is 2. The zero-order chi connectivity index (χ0) is 16.4. The van der Waals surface area contributed by atoms with Gasteiger partial charge in [0.25, 0.3) is 5.91 Å². The van der Waals surface area contributed by atoms with Gasteiger partial charge in [-0.3, -0.25) is 10.1 Å². The smallest absolute Gasteiger partial charge is 0.257 e. The largest absolute Gasteiger partial charge is 0.298 e. The van der Waals surface area contributed by atoms with Crippen LogP contribution >= 0.6 is 27.3 Å².